The van der Waals surface area contributed by atoms with Crippen LogP contribution in [0.4, 0.5) is 4.39 Å². The molecule has 0 bridgehead atoms. The number of fused-ring (bicyclic) bond motifs is 1. The van der Waals surface area contributed by atoms with E-state index in [1.54, 1.807) is 0 Å². The fraction of sp³-hybridized carbons (Fsp3) is 0.348. The van der Waals surface area contributed by atoms with E-state index < -0.39 is 0 Å². The minimum absolute atomic E-state index is 0.179. The number of nitrogens with zero attached hydrogens (tertiary/aromatic N) is 3. The van der Waals surface area contributed by atoms with Crippen LogP contribution in [-0.4, -0.2) is 52.2 Å². The van der Waals surface area contributed by atoms with E-state index in [1.807, 2.05) is 24.5 Å². The Morgan fingerprint density at radius 2 is 1.89 bits per heavy atom. The summed E-state index contributed by atoms with van der Waals surface area (Å²) in [7, 11) is 0. The van der Waals surface area contributed by atoms with Crippen LogP contribution < -0.4 is 0 Å². The van der Waals surface area contributed by atoms with E-state index in [0.29, 0.717) is 6.04 Å². The Kier molecular flexibility index (Phi) is 5.95. The summed E-state index contributed by atoms with van der Waals surface area (Å²) in [6.07, 6.45) is 4.51. The molecule has 5 heteroatoms. The highest BCUT2D eigenvalue weighted by molar-refractivity contribution is 5.84. The van der Waals surface area contributed by atoms with Gasteiger partial charge in [0.2, 0.25) is 0 Å². The number of rotatable bonds is 6. The summed E-state index contributed by atoms with van der Waals surface area (Å²) in [4.78, 5) is 9.10. The van der Waals surface area contributed by atoms with E-state index >= 15 is 0 Å². The third-order valence-corrected chi connectivity index (χ3v) is 5.62. The normalized spacial score (nSPS) is 18.6. The minimum atomic E-state index is -0.203. The summed E-state index contributed by atoms with van der Waals surface area (Å²) in [6, 6.07) is 15.5. The zero-order chi connectivity index (χ0) is 19.3. The molecule has 0 radical (unpaired) electrons. The van der Waals surface area contributed by atoms with Crippen molar-refractivity contribution in [2.24, 2.45) is 0 Å². The predicted molar refractivity (Wildman–Crippen MR) is 109 cm³/mol. The highest BCUT2D eigenvalue weighted by atomic mass is 19.1. The maximum Gasteiger partial charge on any atom is 0.123 e. The lowest BCUT2D eigenvalue weighted by Crippen LogP contribution is -2.52. The van der Waals surface area contributed by atoms with Gasteiger partial charge in [0.15, 0.2) is 0 Å². The molecule has 1 unspecified atom stereocenters. The number of piperazine rings is 1. The van der Waals surface area contributed by atoms with Crippen LogP contribution in [0.15, 0.2) is 60.9 Å². The van der Waals surface area contributed by atoms with Crippen LogP contribution in [0.25, 0.3) is 10.8 Å². The Labute approximate surface area is 165 Å². The number of benzene rings is 2. The van der Waals surface area contributed by atoms with E-state index in [0.717, 1.165) is 44.7 Å². The van der Waals surface area contributed by atoms with Crippen molar-refractivity contribution in [3.8, 4) is 0 Å². The first kappa shape index (κ1) is 19.0. The maximum atomic E-state index is 13.2. The van der Waals surface area contributed by atoms with Crippen LogP contribution in [0, 0.1) is 5.82 Å². The highest BCUT2D eigenvalue weighted by Crippen LogP contribution is 2.22. The van der Waals surface area contributed by atoms with Gasteiger partial charge in [-0.2, -0.15) is 0 Å². The van der Waals surface area contributed by atoms with Crippen molar-refractivity contribution in [2.45, 2.75) is 25.6 Å². The van der Waals surface area contributed by atoms with Gasteiger partial charge in [0, 0.05) is 63.2 Å². The number of aliphatic hydroxyl groups excluding tert-OH is 1. The summed E-state index contributed by atoms with van der Waals surface area (Å²) in [5.74, 6) is -0.203. The van der Waals surface area contributed by atoms with Crippen LogP contribution in [0.5, 0.6) is 0 Å². The minimum Gasteiger partial charge on any atom is -0.396 e. The van der Waals surface area contributed by atoms with E-state index in [2.05, 4.69) is 39.0 Å². The first-order valence-electron chi connectivity index (χ1n) is 9.86. The molecule has 4 rings (SSSR count). The largest absolute Gasteiger partial charge is 0.396 e. The van der Waals surface area contributed by atoms with Gasteiger partial charge in [0.05, 0.1) is 0 Å². The van der Waals surface area contributed by atoms with Gasteiger partial charge in [-0.25, -0.2) is 4.39 Å². The summed E-state index contributed by atoms with van der Waals surface area (Å²) in [5, 5.41) is 12.0. The van der Waals surface area contributed by atoms with E-state index in [-0.39, 0.29) is 12.4 Å². The zero-order valence-corrected chi connectivity index (χ0v) is 16.0. The number of halogens is 1. The maximum absolute atomic E-state index is 13.2. The molecular formula is C23H26FN3O. The van der Waals surface area contributed by atoms with Gasteiger partial charge < -0.3 is 5.11 Å². The Morgan fingerprint density at radius 1 is 1.04 bits per heavy atom. The number of hydrogen-bond donors (Lipinski definition) is 1. The van der Waals surface area contributed by atoms with E-state index in [1.165, 1.54) is 28.5 Å². The SMILES string of the molecule is OCCC1CN(Cc2cccc3cnccc23)CCN1Cc1ccc(F)cc1. The standard InChI is InChI=1S/C23H26FN3O/c24-21-6-4-18(5-7-21)15-27-12-11-26(17-22(27)9-13-28)16-20-3-1-2-19-14-25-10-8-23(19)20/h1-8,10,14,22,28H,9,11-13,15-17H2. The average Bonchev–Trinajstić information content (AvgIpc) is 2.72. The van der Waals surface area contributed by atoms with Gasteiger partial charge in [0.1, 0.15) is 5.82 Å². The van der Waals surface area contributed by atoms with E-state index in [4.69, 9.17) is 0 Å². The molecule has 1 N–H and O–H groups in total. The van der Waals surface area contributed by atoms with Crippen LogP contribution in [0.3, 0.4) is 0 Å². The molecule has 146 valence electrons. The summed E-state index contributed by atoms with van der Waals surface area (Å²) in [5.41, 5.74) is 2.42. The molecule has 2 aromatic carbocycles. The first-order valence-corrected chi connectivity index (χ1v) is 9.86. The van der Waals surface area contributed by atoms with Crippen LogP contribution >= 0.6 is 0 Å². The van der Waals surface area contributed by atoms with Crippen LogP contribution in [0.2, 0.25) is 0 Å². The highest BCUT2D eigenvalue weighted by Gasteiger charge is 2.26. The smallest absolute Gasteiger partial charge is 0.123 e. The molecule has 0 saturated carbocycles. The quantitative estimate of drug-likeness (QED) is 0.712. The Bertz CT molecular complexity index is 910. The first-order chi connectivity index (χ1) is 13.7. The molecule has 1 aliphatic rings. The molecule has 0 aliphatic carbocycles. The number of aromatic nitrogens is 1. The lowest BCUT2D eigenvalue weighted by molar-refractivity contribution is 0.0501. The van der Waals surface area contributed by atoms with E-state index in [9.17, 15) is 9.50 Å². The molecule has 1 atom stereocenters. The van der Waals surface area contributed by atoms with Gasteiger partial charge in [-0.1, -0.05) is 30.3 Å². The fourth-order valence-corrected chi connectivity index (χ4v) is 4.12. The molecule has 1 aromatic heterocycles. The molecule has 0 amide bonds. The van der Waals surface area contributed by atoms with Crippen molar-refractivity contribution in [3.63, 3.8) is 0 Å². The molecule has 1 saturated heterocycles. The number of pyridine rings is 1. The van der Waals surface area contributed by atoms with Crippen molar-refractivity contribution >= 4 is 10.8 Å². The van der Waals surface area contributed by atoms with Crippen molar-refractivity contribution in [1.82, 2.24) is 14.8 Å². The van der Waals surface area contributed by atoms with Crippen molar-refractivity contribution in [2.75, 3.05) is 26.2 Å². The lowest BCUT2D eigenvalue weighted by Gasteiger charge is -2.41. The lowest BCUT2D eigenvalue weighted by atomic mass is 10.0. The molecule has 0 spiro atoms. The molecule has 28 heavy (non-hydrogen) atoms. The predicted octanol–water partition coefficient (Wildman–Crippen LogP) is 3.44. The monoisotopic (exact) mass is 379 g/mol. The number of hydrogen-bond acceptors (Lipinski definition) is 4. The zero-order valence-electron chi connectivity index (χ0n) is 16.0. The van der Waals surface area contributed by atoms with Crippen LogP contribution in [-0.2, 0) is 13.1 Å². The Morgan fingerprint density at radius 3 is 2.71 bits per heavy atom. The molecule has 2 heterocycles. The topological polar surface area (TPSA) is 39.6 Å². The van der Waals surface area contributed by atoms with Gasteiger partial charge >= 0.3 is 0 Å². The molecule has 3 aromatic rings. The second-order valence-corrected chi connectivity index (χ2v) is 7.51. The van der Waals surface area contributed by atoms with Crippen molar-refractivity contribution < 1.29 is 9.50 Å². The van der Waals surface area contributed by atoms with Gasteiger partial charge in [-0.15, -0.1) is 0 Å². The third kappa shape index (κ3) is 4.38. The Balaban J connectivity index is 1.45. The van der Waals surface area contributed by atoms with Gasteiger partial charge in [-0.3, -0.25) is 14.8 Å². The molecule has 1 aliphatic heterocycles. The third-order valence-electron chi connectivity index (χ3n) is 5.62. The summed E-state index contributed by atoms with van der Waals surface area (Å²) >= 11 is 0. The molecule has 4 nitrogen and oxygen atoms in total. The van der Waals surface area contributed by atoms with Gasteiger partial charge in [-0.05, 0) is 41.1 Å². The van der Waals surface area contributed by atoms with Gasteiger partial charge in [0.25, 0.3) is 0 Å². The number of aliphatic hydroxyl groups is 1. The summed E-state index contributed by atoms with van der Waals surface area (Å²) in [6.45, 7) is 4.70. The van der Waals surface area contributed by atoms with Crippen LogP contribution in [0.1, 0.15) is 17.5 Å². The second kappa shape index (κ2) is 8.78. The fourth-order valence-electron chi connectivity index (χ4n) is 4.12. The Hall–Kier alpha value is -2.34. The molecule has 1 fully saturated rings. The van der Waals surface area contributed by atoms with Crippen molar-refractivity contribution in [3.05, 3.63) is 77.9 Å². The second-order valence-electron chi connectivity index (χ2n) is 7.51. The molecular weight excluding hydrogens is 353 g/mol. The summed E-state index contributed by atoms with van der Waals surface area (Å²) < 4.78 is 13.2. The average molecular weight is 379 g/mol. The van der Waals surface area contributed by atoms with Crippen molar-refractivity contribution in [1.29, 1.82) is 0 Å².